The molecule has 0 amide bonds. The number of aromatic nitrogens is 1. The van der Waals surface area contributed by atoms with Gasteiger partial charge in [-0.3, -0.25) is 9.59 Å². The molecule has 0 radical (unpaired) electrons. The third kappa shape index (κ3) is 8.09. The summed E-state index contributed by atoms with van der Waals surface area (Å²) in [6.45, 7) is 7.52. The van der Waals surface area contributed by atoms with Gasteiger partial charge in [0, 0.05) is 61.6 Å². The molecule has 6 unspecified atom stereocenters. The zero-order valence-electron chi connectivity index (χ0n) is 33.6. The van der Waals surface area contributed by atoms with Gasteiger partial charge in [-0.05, 0) is 98.5 Å². The molecule has 13 nitrogen and oxygen atoms in total. The summed E-state index contributed by atoms with van der Waals surface area (Å²) in [6.07, 6.45) is 17.4. The van der Waals surface area contributed by atoms with Crippen LogP contribution in [-0.4, -0.2) is 100 Å². The Kier molecular flexibility index (Phi) is 14.5. The molecule has 320 valence electrons. The predicted octanol–water partition coefficient (Wildman–Crippen LogP) is 4.93. The highest BCUT2D eigenvalue weighted by atomic mass is 35.5. The number of ketones is 2. The quantitative estimate of drug-likeness (QED) is 0.0527. The zero-order chi connectivity index (χ0) is 40.5. The number of halogens is 2. The Bertz CT molecular complexity index is 2020. The highest BCUT2D eigenvalue weighted by Crippen LogP contribution is 2.67. The third-order valence-corrected chi connectivity index (χ3v) is 13.8. The number of phenols is 2. The highest BCUT2D eigenvalue weighted by Gasteiger charge is 2.63. The number of terminal acetylenes is 1. The minimum Gasteiger partial charge on any atom is -0.507 e. The molecule has 5 aliphatic rings. The van der Waals surface area contributed by atoms with Gasteiger partial charge in [0.25, 0.3) is 0 Å². The van der Waals surface area contributed by atoms with Crippen LogP contribution < -0.4 is 21.3 Å². The van der Waals surface area contributed by atoms with Crippen molar-refractivity contribution in [2.45, 2.75) is 64.4 Å². The second-order valence-electron chi connectivity index (χ2n) is 16.6. The van der Waals surface area contributed by atoms with Gasteiger partial charge >= 0.3 is 0 Å². The lowest BCUT2D eigenvalue weighted by Gasteiger charge is -2.58. The van der Waals surface area contributed by atoms with Crippen LogP contribution in [0.1, 0.15) is 95.5 Å². The Hall–Kier alpha value is -4.13. The molecule has 15 heteroatoms. The van der Waals surface area contributed by atoms with Crippen molar-refractivity contribution in [2.24, 2.45) is 28.6 Å². The molecule has 1 aromatic heterocycles. The molecule has 0 aliphatic heterocycles. The van der Waals surface area contributed by atoms with E-state index < -0.39 is 17.2 Å². The topological polar surface area (TPSA) is 209 Å². The molecule has 9 N–H and O–H groups in total. The maximum atomic E-state index is 13.4. The van der Waals surface area contributed by atoms with Gasteiger partial charge in [0.1, 0.15) is 17.1 Å². The zero-order valence-corrected chi connectivity index (χ0v) is 35.2. The molecule has 2 aromatic carbocycles. The number of aromatic hydroxyl groups is 2. The molecular weight excluding hydrogens is 797 g/mol. The van der Waals surface area contributed by atoms with Gasteiger partial charge in [-0.15, -0.1) is 31.2 Å². The Morgan fingerprint density at radius 2 is 1.36 bits per heavy atom. The first-order valence-electron chi connectivity index (χ1n) is 20.2. The Balaban J connectivity index is 0.000000222. The molecule has 8 rings (SSSR count). The molecule has 3 saturated carbocycles. The minimum atomic E-state index is -0.909. The summed E-state index contributed by atoms with van der Waals surface area (Å²) in [7, 11) is 0. The van der Waals surface area contributed by atoms with E-state index in [-0.39, 0.29) is 82.6 Å². The molecule has 0 spiro atoms. The molecule has 3 fully saturated rings. The summed E-state index contributed by atoms with van der Waals surface area (Å²) in [5, 5.41) is 65.7. The van der Waals surface area contributed by atoms with E-state index >= 15 is 0 Å². The number of hydrogen-bond donors (Lipinski definition) is 9. The lowest BCUT2D eigenvalue weighted by Crippen LogP contribution is -2.54. The van der Waals surface area contributed by atoms with Gasteiger partial charge in [-0.1, -0.05) is 30.5 Å². The number of aliphatic hydroxyl groups excluding tert-OH is 2. The monoisotopic (exact) mass is 853 g/mol. The second-order valence-corrected chi connectivity index (χ2v) is 16.6. The second kappa shape index (κ2) is 18.6. The number of carbonyl (C=O) groups excluding carboxylic acids is 2. The standard InChI is InChI=1S/C22H28N4O6.C22H27NO2.2ClH/c27-11-9-23-5-7-25-13-1-2-14(26-8-6-24-10-12-28)18-17(13)21(31)19-15(29)3-4-16(30)20(19)22(18)32;1-4-22(24)10-8-18-16-6-5-15-11-19-14(13-23-25-19)12-20(15,2)17(16)7-9-21(18,22)3;;/h1-4,23-30H,5-12H2;1,11,13,16-18,24H,5-10,12H2,2-3H3;2*1H. The fourth-order valence-electron chi connectivity index (χ4n) is 10.8. The Labute approximate surface area is 357 Å². The molecule has 6 atom stereocenters. The van der Waals surface area contributed by atoms with E-state index in [1.54, 1.807) is 17.7 Å². The van der Waals surface area contributed by atoms with Gasteiger partial charge < -0.3 is 51.3 Å². The number of rotatable bonds is 12. The first-order valence-corrected chi connectivity index (χ1v) is 20.2. The van der Waals surface area contributed by atoms with Crippen LogP contribution in [0.4, 0.5) is 11.4 Å². The van der Waals surface area contributed by atoms with Crippen LogP contribution in [0.5, 0.6) is 11.5 Å². The first kappa shape index (κ1) is 45.9. The van der Waals surface area contributed by atoms with Gasteiger partial charge in [-0.25, -0.2) is 0 Å². The van der Waals surface area contributed by atoms with Crippen molar-refractivity contribution in [1.29, 1.82) is 0 Å². The molecule has 0 saturated heterocycles. The molecule has 59 heavy (non-hydrogen) atoms. The van der Waals surface area contributed by atoms with Crippen LogP contribution in [0.25, 0.3) is 6.08 Å². The molecular formula is C44H57Cl2N5O8. The van der Waals surface area contributed by atoms with Gasteiger partial charge in [-0.2, -0.15) is 0 Å². The summed E-state index contributed by atoms with van der Waals surface area (Å²) in [5.41, 5.74) is 2.67. The number of fused-ring (bicyclic) bond motifs is 8. The smallest absolute Gasteiger partial charge is 0.200 e. The average molecular weight is 855 g/mol. The van der Waals surface area contributed by atoms with E-state index in [4.69, 9.17) is 21.2 Å². The van der Waals surface area contributed by atoms with Crippen LogP contribution in [0.15, 0.2) is 40.6 Å². The number of benzene rings is 2. The summed E-state index contributed by atoms with van der Waals surface area (Å²) in [4.78, 5) is 26.7. The van der Waals surface area contributed by atoms with E-state index in [9.17, 15) is 24.9 Å². The maximum Gasteiger partial charge on any atom is 0.200 e. The average Bonchev–Trinajstić information content (AvgIpc) is 3.77. The summed E-state index contributed by atoms with van der Waals surface area (Å²) < 4.78 is 5.43. The number of carbonyl (C=O) groups is 2. The van der Waals surface area contributed by atoms with Crippen LogP contribution in [-0.2, 0) is 6.42 Å². The number of aliphatic hydroxyl groups is 3. The van der Waals surface area contributed by atoms with E-state index in [1.807, 2.05) is 6.20 Å². The van der Waals surface area contributed by atoms with E-state index in [0.717, 1.165) is 44.3 Å². The largest absolute Gasteiger partial charge is 0.507 e. The Morgan fingerprint density at radius 3 is 1.90 bits per heavy atom. The van der Waals surface area contributed by atoms with Crippen molar-refractivity contribution in [2.75, 3.05) is 63.1 Å². The van der Waals surface area contributed by atoms with Crippen molar-refractivity contribution in [1.82, 2.24) is 15.8 Å². The normalized spacial score (nSPS) is 27.0. The molecule has 5 aliphatic carbocycles. The third-order valence-electron chi connectivity index (χ3n) is 13.8. The maximum absolute atomic E-state index is 13.4. The molecule has 0 bridgehead atoms. The molecule has 1 heterocycles. The fraction of sp³-hybridized carbons (Fsp3) is 0.523. The van der Waals surface area contributed by atoms with Crippen LogP contribution in [0, 0.1) is 40.9 Å². The fourth-order valence-corrected chi connectivity index (χ4v) is 10.8. The van der Waals surface area contributed by atoms with Crippen molar-refractivity contribution >= 4 is 53.8 Å². The number of allylic oxidation sites excluding steroid dienone is 1. The predicted molar refractivity (Wildman–Crippen MR) is 231 cm³/mol. The van der Waals surface area contributed by atoms with Crippen LogP contribution in [0.3, 0.4) is 0 Å². The van der Waals surface area contributed by atoms with E-state index in [1.165, 1.54) is 24.1 Å². The van der Waals surface area contributed by atoms with E-state index in [2.05, 4.69) is 52.3 Å². The number of hydrogen-bond acceptors (Lipinski definition) is 13. The number of nitrogens with zero attached hydrogens (tertiary/aromatic N) is 1. The molecule has 3 aromatic rings. The lowest BCUT2D eigenvalue weighted by molar-refractivity contribution is -0.0975. The summed E-state index contributed by atoms with van der Waals surface area (Å²) >= 11 is 0. The van der Waals surface area contributed by atoms with Crippen molar-refractivity contribution in [3.05, 3.63) is 69.6 Å². The highest BCUT2D eigenvalue weighted by molar-refractivity contribution is 6.33. The lowest BCUT2D eigenvalue weighted by atomic mass is 9.46. The Morgan fingerprint density at radius 1 is 0.797 bits per heavy atom. The summed E-state index contributed by atoms with van der Waals surface area (Å²) in [5.74, 6) is 3.78. The van der Waals surface area contributed by atoms with Crippen molar-refractivity contribution in [3.8, 4) is 23.8 Å². The van der Waals surface area contributed by atoms with Gasteiger partial charge in [0.05, 0.1) is 41.7 Å². The van der Waals surface area contributed by atoms with Crippen molar-refractivity contribution in [3.63, 3.8) is 0 Å². The summed E-state index contributed by atoms with van der Waals surface area (Å²) in [6, 6.07) is 5.74. The van der Waals surface area contributed by atoms with E-state index in [0.29, 0.717) is 68.4 Å². The first-order chi connectivity index (χ1) is 27.4. The van der Waals surface area contributed by atoms with Gasteiger partial charge in [0.2, 0.25) is 11.6 Å². The van der Waals surface area contributed by atoms with Crippen LogP contribution in [0.2, 0.25) is 0 Å². The minimum absolute atomic E-state index is 0. The number of anilines is 2. The van der Waals surface area contributed by atoms with Crippen molar-refractivity contribution < 1.29 is 39.6 Å². The SMILES string of the molecule is C#CC1(O)CCC2C3CCC4=Cc5oncc5CC4(C)C3CCC21C.Cl.Cl.O=C1c2c(O)ccc(O)c2C(=O)c2c(NCCNCCO)ccc(NCCNCCO)c21. The number of nitrogens with one attached hydrogen (secondary N) is 4. The van der Waals surface area contributed by atoms with Crippen LogP contribution >= 0.6 is 24.8 Å². The number of phenolic OH excluding ortho intramolecular Hbond substituents is 2. The van der Waals surface area contributed by atoms with Gasteiger partial charge in [0.15, 0.2) is 5.76 Å².